The van der Waals surface area contributed by atoms with Crippen LogP contribution in [0.5, 0.6) is 6.01 Å². The van der Waals surface area contributed by atoms with Gasteiger partial charge in [-0.3, -0.25) is 0 Å². The van der Waals surface area contributed by atoms with Crippen LogP contribution in [0, 0.1) is 0 Å². The number of carbonyl (C=O) groups is 1. The highest BCUT2D eigenvalue weighted by Crippen LogP contribution is 2.24. The van der Waals surface area contributed by atoms with Crippen molar-refractivity contribution in [2.45, 2.75) is 18.2 Å². The number of hydrogen-bond acceptors (Lipinski definition) is 4. The first-order chi connectivity index (χ1) is 8.72. The quantitative estimate of drug-likeness (QED) is 0.834. The van der Waals surface area contributed by atoms with E-state index >= 15 is 0 Å². The van der Waals surface area contributed by atoms with Crippen molar-refractivity contribution >= 4 is 28.9 Å². The average molecular weight is 265 g/mol. The Morgan fingerprint density at radius 1 is 1.56 bits per heavy atom. The van der Waals surface area contributed by atoms with Gasteiger partial charge in [0.1, 0.15) is 0 Å². The number of benzene rings is 1. The molecule has 1 amide bonds. The minimum absolute atomic E-state index is 0.210. The van der Waals surface area contributed by atoms with Gasteiger partial charge in [0.15, 0.2) is 0 Å². The lowest BCUT2D eigenvalue weighted by atomic mass is 10.3. The molecule has 2 N–H and O–H groups in total. The molecule has 0 aliphatic rings. The Morgan fingerprint density at radius 3 is 3.11 bits per heavy atom. The van der Waals surface area contributed by atoms with E-state index in [2.05, 4.69) is 22.2 Å². The number of rotatable bonds is 4. The van der Waals surface area contributed by atoms with Crippen molar-refractivity contribution in [1.82, 2.24) is 15.3 Å². The molecule has 18 heavy (non-hydrogen) atoms. The minimum Gasteiger partial charge on any atom is -0.375 e. The number of nitrogens with one attached hydrogen (secondary N) is 2. The van der Waals surface area contributed by atoms with Crippen LogP contribution >= 0.6 is 11.8 Å². The summed E-state index contributed by atoms with van der Waals surface area (Å²) in [6.07, 6.45) is 0.603. The molecule has 0 radical (unpaired) electrons. The zero-order valence-electron chi connectivity index (χ0n) is 10.3. The molecule has 96 valence electrons. The van der Waals surface area contributed by atoms with E-state index in [1.807, 2.05) is 18.2 Å². The van der Waals surface area contributed by atoms with Crippen molar-refractivity contribution in [3.63, 3.8) is 0 Å². The molecule has 0 saturated carbocycles. The molecule has 0 atom stereocenters. The zero-order valence-corrected chi connectivity index (χ0v) is 11.1. The molecule has 2 rings (SSSR count). The zero-order chi connectivity index (χ0) is 13.0. The van der Waals surface area contributed by atoms with Gasteiger partial charge in [0.2, 0.25) is 0 Å². The van der Waals surface area contributed by atoms with Gasteiger partial charge < -0.3 is 15.0 Å². The first kappa shape index (κ1) is 12.8. The highest BCUT2D eigenvalue weighted by molar-refractivity contribution is 7.99. The molecule has 0 spiro atoms. The highest BCUT2D eigenvalue weighted by atomic mass is 32.2. The maximum Gasteiger partial charge on any atom is 0.414 e. The molecule has 0 bridgehead atoms. The van der Waals surface area contributed by atoms with Gasteiger partial charge in [-0.15, -0.1) is 11.8 Å². The molecule has 0 unspecified atom stereocenters. The smallest absolute Gasteiger partial charge is 0.375 e. The van der Waals surface area contributed by atoms with Gasteiger partial charge in [0.25, 0.3) is 0 Å². The van der Waals surface area contributed by atoms with E-state index in [1.165, 1.54) is 11.9 Å². The maximum atomic E-state index is 11.1. The van der Waals surface area contributed by atoms with Crippen LogP contribution in [0.15, 0.2) is 23.1 Å². The Bertz CT molecular complexity index is 553. The number of fused-ring (bicyclic) bond motifs is 1. The monoisotopic (exact) mass is 265 g/mol. The van der Waals surface area contributed by atoms with E-state index in [4.69, 9.17) is 4.74 Å². The SMILES string of the molecule is CCCSc1ccc2nc(OC(=O)NC)[nH]c2c1. The predicted octanol–water partition coefficient (Wildman–Crippen LogP) is 2.78. The Labute approximate surface area is 109 Å². The molecule has 6 heteroatoms. The third-order valence-electron chi connectivity index (χ3n) is 2.30. The number of aromatic nitrogens is 2. The van der Waals surface area contributed by atoms with E-state index in [1.54, 1.807) is 11.8 Å². The van der Waals surface area contributed by atoms with E-state index in [9.17, 15) is 4.79 Å². The molecule has 1 heterocycles. The van der Waals surface area contributed by atoms with Crippen molar-refractivity contribution in [3.05, 3.63) is 18.2 Å². The van der Waals surface area contributed by atoms with Gasteiger partial charge in [0.05, 0.1) is 11.0 Å². The minimum atomic E-state index is -0.533. The molecule has 0 aliphatic carbocycles. The lowest BCUT2D eigenvalue weighted by molar-refractivity contribution is 0.199. The second kappa shape index (κ2) is 5.77. The summed E-state index contributed by atoms with van der Waals surface area (Å²) in [5.41, 5.74) is 1.66. The van der Waals surface area contributed by atoms with Crippen LogP contribution in [0.4, 0.5) is 4.79 Å². The van der Waals surface area contributed by atoms with E-state index in [-0.39, 0.29) is 6.01 Å². The summed E-state index contributed by atoms with van der Waals surface area (Å²) in [7, 11) is 1.50. The van der Waals surface area contributed by atoms with Gasteiger partial charge in [0, 0.05) is 11.9 Å². The fourth-order valence-corrected chi connectivity index (χ4v) is 2.27. The van der Waals surface area contributed by atoms with Crippen molar-refractivity contribution in [3.8, 4) is 6.01 Å². The molecule has 0 aliphatic heterocycles. The number of ether oxygens (including phenoxy) is 1. The number of nitrogens with zero attached hydrogens (tertiary/aromatic N) is 1. The van der Waals surface area contributed by atoms with Crippen LogP contribution in [0.3, 0.4) is 0 Å². The molecule has 1 aromatic carbocycles. The highest BCUT2D eigenvalue weighted by Gasteiger charge is 2.08. The molecular formula is C12H15N3O2S. The van der Waals surface area contributed by atoms with Crippen LogP contribution in [0.2, 0.25) is 0 Å². The largest absolute Gasteiger partial charge is 0.414 e. The van der Waals surface area contributed by atoms with Crippen LogP contribution in [-0.2, 0) is 0 Å². The van der Waals surface area contributed by atoms with Gasteiger partial charge >= 0.3 is 12.1 Å². The number of carbonyl (C=O) groups excluding carboxylic acids is 1. The average Bonchev–Trinajstić information content (AvgIpc) is 2.77. The number of aromatic amines is 1. The normalized spacial score (nSPS) is 10.6. The van der Waals surface area contributed by atoms with Crippen molar-refractivity contribution in [2.75, 3.05) is 12.8 Å². The van der Waals surface area contributed by atoms with Crippen LogP contribution < -0.4 is 10.1 Å². The van der Waals surface area contributed by atoms with E-state index < -0.39 is 6.09 Å². The molecule has 5 nitrogen and oxygen atoms in total. The molecular weight excluding hydrogens is 250 g/mol. The number of amides is 1. The number of hydrogen-bond donors (Lipinski definition) is 2. The van der Waals surface area contributed by atoms with E-state index in [0.717, 1.165) is 23.2 Å². The topological polar surface area (TPSA) is 67.0 Å². The number of imidazole rings is 1. The third-order valence-corrected chi connectivity index (χ3v) is 3.50. The van der Waals surface area contributed by atoms with Gasteiger partial charge in [-0.25, -0.2) is 4.79 Å². The summed E-state index contributed by atoms with van der Waals surface area (Å²) in [5, 5.41) is 2.37. The summed E-state index contributed by atoms with van der Waals surface area (Å²) in [5.74, 6) is 1.08. The summed E-state index contributed by atoms with van der Waals surface area (Å²) in [6.45, 7) is 2.15. The van der Waals surface area contributed by atoms with Gasteiger partial charge in [-0.05, 0) is 30.4 Å². The summed E-state index contributed by atoms with van der Waals surface area (Å²) in [6, 6.07) is 6.16. The second-order valence-electron chi connectivity index (χ2n) is 3.71. The maximum absolute atomic E-state index is 11.1. The second-order valence-corrected chi connectivity index (χ2v) is 4.88. The summed E-state index contributed by atoms with van der Waals surface area (Å²) in [4.78, 5) is 19.4. The molecule has 0 fully saturated rings. The van der Waals surface area contributed by atoms with Crippen molar-refractivity contribution < 1.29 is 9.53 Å². The van der Waals surface area contributed by atoms with Crippen molar-refractivity contribution in [1.29, 1.82) is 0 Å². The Hall–Kier alpha value is -1.69. The lowest BCUT2D eigenvalue weighted by Crippen LogP contribution is -2.22. The molecule has 1 aromatic heterocycles. The standard InChI is InChI=1S/C12H15N3O2S/c1-3-6-18-8-4-5-9-10(7-8)15-11(14-9)17-12(16)13-2/h4-5,7H,3,6H2,1-2H3,(H,13,16)(H,14,15). The Balaban J connectivity index is 2.19. The summed E-state index contributed by atoms with van der Waals surface area (Å²) < 4.78 is 4.95. The summed E-state index contributed by atoms with van der Waals surface area (Å²) >= 11 is 1.80. The van der Waals surface area contributed by atoms with Crippen molar-refractivity contribution in [2.24, 2.45) is 0 Å². The van der Waals surface area contributed by atoms with Gasteiger partial charge in [-0.1, -0.05) is 6.92 Å². The number of H-pyrrole nitrogens is 1. The predicted molar refractivity (Wildman–Crippen MR) is 72.2 cm³/mol. The van der Waals surface area contributed by atoms with Crippen LogP contribution in [-0.4, -0.2) is 28.9 Å². The molecule has 2 aromatic rings. The molecule has 0 saturated heterocycles. The first-order valence-corrected chi connectivity index (χ1v) is 6.73. The lowest BCUT2D eigenvalue weighted by Gasteiger charge is -1.98. The van der Waals surface area contributed by atoms with E-state index in [0.29, 0.717) is 0 Å². The van der Waals surface area contributed by atoms with Gasteiger partial charge in [-0.2, -0.15) is 4.98 Å². The first-order valence-electron chi connectivity index (χ1n) is 5.75. The number of thioether (sulfide) groups is 1. The Kier molecular flexibility index (Phi) is 4.09. The Morgan fingerprint density at radius 2 is 2.39 bits per heavy atom. The fourth-order valence-electron chi connectivity index (χ4n) is 1.46. The van der Waals surface area contributed by atoms with Crippen LogP contribution in [0.1, 0.15) is 13.3 Å². The van der Waals surface area contributed by atoms with Crippen LogP contribution in [0.25, 0.3) is 11.0 Å². The fraction of sp³-hybridized carbons (Fsp3) is 0.333. The third kappa shape index (κ3) is 2.95.